The van der Waals surface area contributed by atoms with Crippen molar-refractivity contribution in [3.05, 3.63) is 17.7 Å². The second kappa shape index (κ2) is 4.36. The van der Waals surface area contributed by atoms with Crippen molar-refractivity contribution in [3.8, 4) is 17.3 Å². The molecule has 0 aliphatic rings. The Bertz CT molecular complexity index is 475. The fourth-order valence-corrected chi connectivity index (χ4v) is 1.41. The van der Waals surface area contributed by atoms with Gasteiger partial charge >= 0.3 is 0 Å². The van der Waals surface area contributed by atoms with Gasteiger partial charge in [0, 0.05) is 18.7 Å². The lowest BCUT2D eigenvalue weighted by molar-refractivity contribution is 0.398. The standard InChI is InChI=1S/C10H14N4O2/c1-6-5-7(14-13-6)9-10(15-2)12-8(16-9)3-4-11/h5H,3-4,11H2,1-2H3,(H,13,14). The fourth-order valence-electron chi connectivity index (χ4n) is 1.41. The summed E-state index contributed by atoms with van der Waals surface area (Å²) in [4.78, 5) is 4.18. The topological polar surface area (TPSA) is 90.0 Å². The highest BCUT2D eigenvalue weighted by atomic mass is 16.5. The quantitative estimate of drug-likeness (QED) is 0.801. The summed E-state index contributed by atoms with van der Waals surface area (Å²) < 4.78 is 10.7. The SMILES string of the molecule is COc1nc(CCN)oc1-c1cc(C)[nH]n1. The molecule has 2 heterocycles. The second-order valence-electron chi connectivity index (χ2n) is 3.42. The van der Waals surface area contributed by atoms with E-state index in [2.05, 4.69) is 15.2 Å². The van der Waals surface area contributed by atoms with Crippen LogP contribution in [0.25, 0.3) is 11.5 Å². The Labute approximate surface area is 92.8 Å². The summed E-state index contributed by atoms with van der Waals surface area (Å²) in [6.45, 7) is 2.41. The zero-order chi connectivity index (χ0) is 11.5. The minimum absolute atomic E-state index is 0.440. The maximum atomic E-state index is 5.55. The number of methoxy groups -OCH3 is 1. The first-order valence-electron chi connectivity index (χ1n) is 5.00. The second-order valence-corrected chi connectivity index (χ2v) is 3.42. The molecule has 0 spiro atoms. The third-order valence-corrected chi connectivity index (χ3v) is 2.13. The number of nitrogens with zero attached hydrogens (tertiary/aromatic N) is 2. The van der Waals surface area contributed by atoms with E-state index >= 15 is 0 Å². The van der Waals surface area contributed by atoms with Crippen LogP contribution in [0.5, 0.6) is 5.88 Å². The van der Waals surface area contributed by atoms with E-state index in [1.165, 1.54) is 0 Å². The van der Waals surface area contributed by atoms with E-state index in [4.69, 9.17) is 14.9 Å². The Kier molecular flexibility index (Phi) is 2.91. The van der Waals surface area contributed by atoms with Crippen molar-refractivity contribution < 1.29 is 9.15 Å². The molecule has 0 fully saturated rings. The average molecular weight is 222 g/mol. The number of H-pyrrole nitrogens is 1. The molecule has 0 amide bonds. The number of aryl methyl sites for hydroxylation is 1. The molecule has 0 aromatic carbocycles. The molecular formula is C10H14N4O2. The van der Waals surface area contributed by atoms with E-state index < -0.39 is 0 Å². The predicted octanol–water partition coefficient (Wildman–Crippen LogP) is 0.883. The summed E-state index contributed by atoms with van der Waals surface area (Å²) in [6.07, 6.45) is 0.583. The summed E-state index contributed by atoms with van der Waals surface area (Å²) in [5.74, 6) is 1.54. The molecule has 2 aromatic rings. The lowest BCUT2D eigenvalue weighted by Crippen LogP contribution is -2.02. The van der Waals surface area contributed by atoms with Crippen LogP contribution in [0.15, 0.2) is 10.5 Å². The molecule has 6 nitrogen and oxygen atoms in total. The molecule has 0 radical (unpaired) electrons. The van der Waals surface area contributed by atoms with Crippen LogP contribution in [0.4, 0.5) is 0 Å². The summed E-state index contributed by atoms with van der Waals surface area (Å²) in [5, 5.41) is 6.94. The van der Waals surface area contributed by atoms with Gasteiger partial charge in [-0.3, -0.25) is 5.10 Å². The molecule has 0 aliphatic heterocycles. The zero-order valence-electron chi connectivity index (χ0n) is 9.28. The maximum Gasteiger partial charge on any atom is 0.262 e. The number of aromatic nitrogens is 3. The van der Waals surface area contributed by atoms with Gasteiger partial charge in [0.15, 0.2) is 5.89 Å². The molecule has 16 heavy (non-hydrogen) atoms. The van der Waals surface area contributed by atoms with Crippen LogP contribution in [0.2, 0.25) is 0 Å². The third kappa shape index (κ3) is 1.92. The van der Waals surface area contributed by atoms with Crippen molar-refractivity contribution in [3.63, 3.8) is 0 Å². The number of rotatable bonds is 4. The molecular weight excluding hydrogens is 208 g/mol. The lowest BCUT2D eigenvalue weighted by Gasteiger charge is -1.93. The van der Waals surface area contributed by atoms with Crippen LogP contribution >= 0.6 is 0 Å². The number of hydrogen-bond acceptors (Lipinski definition) is 5. The Morgan fingerprint density at radius 2 is 2.38 bits per heavy atom. The van der Waals surface area contributed by atoms with Crippen LogP contribution in [0.3, 0.4) is 0 Å². The molecule has 6 heteroatoms. The van der Waals surface area contributed by atoms with E-state index in [0.717, 1.165) is 5.69 Å². The zero-order valence-corrected chi connectivity index (χ0v) is 9.28. The van der Waals surface area contributed by atoms with Gasteiger partial charge in [-0.05, 0) is 13.0 Å². The van der Waals surface area contributed by atoms with E-state index in [9.17, 15) is 0 Å². The fraction of sp³-hybridized carbons (Fsp3) is 0.400. The van der Waals surface area contributed by atoms with Crippen LogP contribution in [-0.4, -0.2) is 28.8 Å². The number of ether oxygens (including phenoxy) is 1. The smallest absolute Gasteiger partial charge is 0.262 e. The van der Waals surface area contributed by atoms with Crippen molar-refractivity contribution in [2.75, 3.05) is 13.7 Å². The monoisotopic (exact) mass is 222 g/mol. The first-order chi connectivity index (χ1) is 7.74. The molecule has 0 saturated carbocycles. The van der Waals surface area contributed by atoms with Gasteiger partial charge in [0.05, 0.1) is 7.11 Å². The Balaban J connectivity index is 2.38. The maximum absolute atomic E-state index is 5.55. The number of aromatic amines is 1. The first kappa shape index (κ1) is 10.7. The van der Waals surface area contributed by atoms with Gasteiger partial charge < -0.3 is 14.9 Å². The number of oxazole rings is 1. The molecule has 0 saturated heterocycles. The van der Waals surface area contributed by atoms with E-state index in [1.54, 1.807) is 7.11 Å². The third-order valence-electron chi connectivity index (χ3n) is 2.13. The normalized spacial score (nSPS) is 10.7. The highest BCUT2D eigenvalue weighted by Crippen LogP contribution is 2.29. The summed E-state index contributed by atoms with van der Waals surface area (Å²) in [6, 6.07) is 1.87. The summed E-state index contributed by atoms with van der Waals surface area (Å²) >= 11 is 0. The highest BCUT2D eigenvalue weighted by Gasteiger charge is 2.17. The molecule has 0 atom stereocenters. The number of hydrogen-bond donors (Lipinski definition) is 2. The van der Waals surface area contributed by atoms with Crippen molar-refractivity contribution >= 4 is 0 Å². The van der Waals surface area contributed by atoms with E-state index in [1.807, 2.05) is 13.0 Å². The lowest BCUT2D eigenvalue weighted by atomic mass is 10.3. The van der Waals surface area contributed by atoms with Crippen LogP contribution in [0.1, 0.15) is 11.6 Å². The minimum atomic E-state index is 0.440. The molecule has 0 aliphatic carbocycles. The molecule has 2 rings (SSSR count). The molecule has 86 valence electrons. The average Bonchev–Trinajstić information content (AvgIpc) is 2.84. The predicted molar refractivity (Wildman–Crippen MR) is 58.1 cm³/mol. The summed E-state index contributed by atoms with van der Waals surface area (Å²) in [5.41, 5.74) is 7.08. The van der Waals surface area contributed by atoms with E-state index in [-0.39, 0.29) is 0 Å². The van der Waals surface area contributed by atoms with Crippen molar-refractivity contribution in [2.45, 2.75) is 13.3 Å². The van der Waals surface area contributed by atoms with Crippen molar-refractivity contribution in [2.24, 2.45) is 5.73 Å². The van der Waals surface area contributed by atoms with Gasteiger partial charge in [0.25, 0.3) is 5.88 Å². The minimum Gasteiger partial charge on any atom is -0.478 e. The Morgan fingerprint density at radius 1 is 1.56 bits per heavy atom. The molecule has 3 N–H and O–H groups in total. The largest absolute Gasteiger partial charge is 0.478 e. The van der Waals surface area contributed by atoms with Crippen LogP contribution in [-0.2, 0) is 6.42 Å². The Hall–Kier alpha value is -1.82. The Morgan fingerprint density at radius 3 is 2.94 bits per heavy atom. The molecule has 0 bridgehead atoms. The van der Waals surface area contributed by atoms with Gasteiger partial charge in [-0.1, -0.05) is 0 Å². The first-order valence-corrected chi connectivity index (χ1v) is 5.00. The molecule has 2 aromatic heterocycles. The van der Waals surface area contributed by atoms with Gasteiger partial charge in [-0.2, -0.15) is 10.1 Å². The van der Waals surface area contributed by atoms with Crippen LogP contribution in [0, 0.1) is 6.92 Å². The number of nitrogens with one attached hydrogen (secondary N) is 1. The van der Waals surface area contributed by atoms with Gasteiger partial charge in [-0.25, -0.2) is 0 Å². The van der Waals surface area contributed by atoms with E-state index in [0.29, 0.717) is 36.2 Å². The highest BCUT2D eigenvalue weighted by molar-refractivity contribution is 5.58. The summed E-state index contributed by atoms with van der Waals surface area (Å²) in [7, 11) is 1.55. The van der Waals surface area contributed by atoms with Gasteiger partial charge in [0.1, 0.15) is 5.69 Å². The van der Waals surface area contributed by atoms with Gasteiger partial charge in [0.2, 0.25) is 5.76 Å². The van der Waals surface area contributed by atoms with Crippen LogP contribution < -0.4 is 10.5 Å². The van der Waals surface area contributed by atoms with Crippen molar-refractivity contribution in [1.82, 2.24) is 15.2 Å². The van der Waals surface area contributed by atoms with Gasteiger partial charge in [-0.15, -0.1) is 0 Å². The molecule has 0 unspecified atom stereocenters. The number of nitrogens with two attached hydrogens (primary N) is 1. The van der Waals surface area contributed by atoms with Crippen molar-refractivity contribution in [1.29, 1.82) is 0 Å².